The Morgan fingerprint density at radius 3 is 2.44 bits per heavy atom. The van der Waals surface area contributed by atoms with Gasteiger partial charge in [0.05, 0.1) is 36.3 Å². The molecule has 290 valence electrons. The van der Waals surface area contributed by atoms with E-state index in [9.17, 15) is 9.59 Å². The predicted octanol–water partition coefficient (Wildman–Crippen LogP) is 6.69. The van der Waals surface area contributed by atoms with Gasteiger partial charge in [0.1, 0.15) is 10.8 Å². The number of methoxy groups -OCH3 is 1. The number of halogens is 1. The largest absolute Gasteiger partial charge is 0.494 e. The van der Waals surface area contributed by atoms with Gasteiger partial charge in [-0.2, -0.15) is 4.98 Å². The number of hydrogen-bond acceptors (Lipinski definition) is 12. The molecular weight excluding hydrogens is 734 g/mol. The van der Waals surface area contributed by atoms with Crippen LogP contribution in [0.3, 0.4) is 0 Å². The lowest BCUT2D eigenvalue weighted by molar-refractivity contribution is -0.134. The van der Waals surface area contributed by atoms with Crippen molar-refractivity contribution in [3.63, 3.8) is 0 Å². The van der Waals surface area contributed by atoms with Crippen LogP contribution in [0.25, 0.3) is 0 Å². The number of imide groups is 1. The summed E-state index contributed by atoms with van der Waals surface area (Å²) in [6, 6.07) is 23.3. The summed E-state index contributed by atoms with van der Waals surface area (Å²) in [5.74, 6) is 1.06. The van der Waals surface area contributed by atoms with Crippen LogP contribution in [0, 0.1) is 0 Å². The molecule has 1 atom stereocenters. The first-order chi connectivity index (χ1) is 26.8. The van der Waals surface area contributed by atoms with Crippen LogP contribution in [-0.2, 0) is 16.0 Å². The van der Waals surface area contributed by atoms with Crippen LogP contribution in [0.1, 0.15) is 42.7 Å². The van der Waals surface area contributed by atoms with Crippen molar-refractivity contribution in [3.8, 4) is 5.75 Å². The minimum Gasteiger partial charge on any atom is -0.494 e. The number of anilines is 6. The summed E-state index contributed by atoms with van der Waals surface area (Å²) >= 11 is 8.14. The number of piperidine rings is 2. The van der Waals surface area contributed by atoms with E-state index in [2.05, 4.69) is 76.3 Å². The van der Waals surface area contributed by atoms with Gasteiger partial charge in [-0.1, -0.05) is 59.9 Å². The number of benzene rings is 3. The molecule has 2 amide bonds. The van der Waals surface area contributed by atoms with Crippen LogP contribution in [0.5, 0.6) is 5.75 Å². The van der Waals surface area contributed by atoms with Crippen LogP contribution in [0.15, 0.2) is 72.9 Å². The fourth-order valence-corrected chi connectivity index (χ4v) is 8.26. The van der Waals surface area contributed by atoms with Gasteiger partial charge in [0.25, 0.3) is 0 Å². The average molecular weight is 784 g/mol. The summed E-state index contributed by atoms with van der Waals surface area (Å²) in [5, 5.41) is 9.60. The summed E-state index contributed by atoms with van der Waals surface area (Å²) in [7, 11) is 3.70. The van der Waals surface area contributed by atoms with Gasteiger partial charge in [0.2, 0.25) is 17.8 Å². The first-order valence-corrected chi connectivity index (χ1v) is 20.6. The number of amides is 2. The third kappa shape index (κ3) is 9.46. The molecule has 12 nitrogen and oxygen atoms in total. The second-order valence-corrected chi connectivity index (χ2v) is 15.6. The van der Waals surface area contributed by atoms with Crippen LogP contribution in [0.4, 0.5) is 34.5 Å². The molecule has 0 radical (unpaired) electrons. The van der Waals surface area contributed by atoms with Crippen LogP contribution in [-0.4, -0.2) is 104 Å². The number of aromatic nitrogens is 2. The Labute approximate surface area is 333 Å². The number of nitrogens with one attached hydrogen (secondary N) is 3. The molecule has 0 saturated carbocycles. The average Bonchev–Trinajstić information content (AvgIpc) is 3.22. The molecule has 3 N–H and O–H groups in total. The number of hydrogen-bond donors (Lipinski definition) is 3. The van der Waals surface area contributed by atoms with Crippen molar-refractivity contribution < 1.29 is 14.3 Å². The molecule has 3 fully saturated rings. The van der Waals surface area contributed by atoms with E-state index < -0.39 is 0 Å². The molecule has 0 spiro atoms. The summed E-state index contributed by atoms with van der Waals surface area (Å²) in [4.78, 5) is 40.6. The molecule has 4 heterocycles. The van der Waals surface area contributed by atoms with Crippen molar-refractivity contribution in [1.82, 2.24) is 25.1 Å². The quantitative estimate of drug-likeness (QED) is 0.0991. The van der Waals surface area contributed by atoms with Crippen molar-refractivity contribution in [1.29, 1.82) is 0 Å². The summed E-state index contributed by atoms with van der Waals surface area (Å²) in [6.07, 6.45) is 7.98. The Morgan fingerprint density at radius 1 is 0.945 bits per heavy atom. The minimum absolute atomic E-state index is 0.173. The number of carbonyl (C=O) groups excluding carboxylic acids is 2. The van der Waals surface area contributed by atoms with Crippen molar-refractivity contribution >= 4 is 69.9 Å². The third-order valence-electron chi connectivity index (χ3n) is 11.0. The lowest BCUT2D eigenvalue weighted by Crippen LogP contribution is -2.53. The van der Waals surface area contributed by atoms with Crippen molar-refractivity contribution in [2.75, 3.05) is 86.1 Å². The maximum atomic E-state index is 12.2. The first-order valence-electron chi connectivity index (χ1n) is 19.0. The van der Waals surface area contributed by atoms with Gasteiger partial charge in [0.15, 0.2) is 5.82 Å². The molecule has 3 aliphatic rings. The SMILES string of the molecule is COc1cc(N2CCN(C3CCN(CCc4ccc(C5CCC(=O)NC5=O)cc4)CC3)CC2)ccc1Nc1ncc(Cl)c(Nc2ccccc2N(C)SC)n1. The van der Waals surface area contributed by atoms with Gasteiger partial charge >= 0.3 is 0 Å². The van der Waals surface area contributed by atoms with Gasteiger partial charge in [-0.3, -0.25) is 19.8 Å². The molecule has 3 aromatic carbocycles. The summed E-state index contributed by atoms with van der Waals surface area (Å²) in [5.41, 5.74) is 6.10. The highest BCUT2D eigenvalue weighted by Crippen LogP contribution is 2.35. The predicted molar refractivity (Wildman–Crippen MR) is 223 cm³/mol. The van der Waals surface area contributed by atoms with Gasteiger partial charge in [-0.25, -0.2) is 4.98 Å². The second-order valence-electron chi connectivity index (χ2n) is 14.3. The highest BCUT2D eigenvalue weighted by atomic mass is 35.5. The molecule has 3 aliphatic heterocycles. The van der Waals surface area contributed by atoms with E-state index in [0.717, 1.165) is 86.3 Å². The van der Waals surface area contributed by atoms with E-state index in [1.165, 1.54) is 18.4 Å². The maximum Gasteiger partial charge on any atom is 0.234 e. The number of nitrogens with zero attached hydrogens (tertiary/aromatic N) is 6. The smallest absolute Gasteiger partial charge is 0.234 e. The number of carbonyl (C=O) groups is 2. The van der Waals surface area contributed by atoms with E-state index >= 15 is 0 Å². The van der Waals surface area contributed by atoms with E-state index in [1.54, 1.807) is 25.3 Å². The van der Waals surface area contributed by atoms with Crippen molar-refractivity contribution in [3.05, 3.63) is 89.1 Å². The summed E-state index contributed by atoms with van der Waals surface area (Å²) in [6.45, 7) is 7.28. The molecule has 4 aromatic rings. The highest BCUT2D eigenvalue weighted by molar-refractivity contribution is 7.99. The molecule has 1 aromatic heterocycles. The Hall–Kier alpha value is -4.56. The van der Waals surface area contributed by atoms with Gasteiger partial charge < -0.3 is 29.5 Å². The van der Waals surface area contributed by atoms with E-state index in [-0.39, 0.29) is 17.7 Å². The standard InChI is InChI=1S/C41H50ClN9O3S/c1-48(55-3)36-7-5-4-6-34(36)44-39-33(42)27-43-41(47-39)45-35-14-12-31(26-37(35)54-2)51-24-22-50(23-25-51)30-17-20-49(21-18-30)19-16-28-8-10-29(11-9-28)32-13-15-38(52)46-40(32)53/h4-12,14,26-27,30,32H,13,15-25H2,1-3H3,(H,46,52,53)(H2,43,44,45,47). The third-order valence-corrected chi connectivity index (χ3v) is 12.1. The molecule has 1 unspecified atom stereocenters. The Balaban J connectivity index is 0.878. The molecule has 14 heteroatoms. The topological polar surface area (TPSA) is 118 Å². The van der Waals surface area contributed by atoms with Crippen molar-refractivity contribution in [2.24, 2.45) is 0 Å². The number of para-hydroxylation sites is 2. The molecule has 3 saturated heterocycles. The molecular formula is C41H50ClN9O3S. The van der Waals surface area contributed by atoms with Gasteiger partial charge in [-0.15, -0.1) is 0 Å². The molecule has 7 rings (SSSR count). The number of rotatable bonds is 13. The zero-order valence-corrected chi connectivity index (χ0v) is 33.3. The molecule has 55 heavy (non-hydrogen) atoms. The van der Waals surface area contributed by atoms with Crippen LogP contribution >= 0.6 is 23.5 Å². The van der Waals surface area contributed by atoms with Crippen molar-refractivity contribution in [2.45, 2.75) is 44.1 Å². The fraction of sp³-hybridized carbons (Fsp3) is 0.415. The van der Waals surface area contributed by atoms with Crippen LogP contribution < -0.4 is 29.9 Å². The van der Waals surface area contributed by atoms with Gasteiger partial charge in [0, 0.05) is 70.2 Å². The molecule has 0 aliphatic carbocycles. The Kier molecular flexibility index (Phi) is 12.6. The van der Waals surface area contributed by atoms with Crippen LogP contribution in [0.2, 0.25) is 5.02 Å². The number of ether oxygens (including phenoxy) is 1. The second kappa shape index (κ2) is 17.9. The minimum atomic E-state index is -0.227. The Bertz CT molecular complexity index is 1950. The Morgan fingerprint density at radius 2 is 1.71 bits per heavy atom. The number of likely N-dealkylation sites (tertiary alicyclic amines) is 1. The van der Waals surface area contributed by atoms with Gasteiger partial charge in [-0.05, 0) is 74.2 Å². The molecule has 0 bridgehead atoms. The zero-order valence-electron chi connectivity index (χ0n) is 31.8. The normalized spacial score (nSPS) is 18.5. The lowest BCUT2D eigenvalue weighted by Gasteiger charge is -2.43. The highest BCUT2D eigenvalue weighted by Gasteiger charge is 2.29. The van der Waals surface area contributed by atoms with E-state index in [4.69, 9.17) is 21.3 Å². The number of piperazine rings is 1. The van der Waals surface area contributed by atoms with E-state index in [0.29, 0.717) is 35.7 Å². The zero-order chi connectivity index (χ0) is 38.3. The fourth-order valence-electron chi connectivity index (χ4n) is 7.76. The summed E-state index contributed by atoms with van der Waals surface area (Å²) < 4.78 is 7.91. The monoisotopic (exact) mass is 783 g/mol. The first kappa shape index (κ1) is 38.7. The lowest BCUT2D eigenvalue weighted by atomic mass is 9.90. The van der Waals surface area contributed by atoms with E-state index in [1.807, 2.05) is 43.6 Å². The maximum absolute atomic E-state index is 12.2.